The molecule has 0 fully saturated rings. The Hall–Kier alpha value is -0.230. The van der Waals surface area contributed by atoms with Crippen LogP contribution in [0, 0.1) is 0 Å². The summed E-state index contributed by atoms with van der Waals surface area (Å²) >= 11 is 5.42. The SMILES string of the molecule is COCCNCc1cc(Br)ccc1N(C)CCSC. The fraction of sp³-hybridized carbons (Fsp3) is 0.571. The molecule has 0 radical (unpaired) electrons. The lowest BCUT2D eigenvalue weighted by atomic mass is 10.1. The number of rotatable bonds is 9. The molecule has 3 nitrogen and oxygen atoms in total. The minimum atomic E-state index is 0.742. The Bertz CT molecular complexity index is 376. The van der Waals surface area contributed by atoms with Crippen LogP contribution < -0.4 is 10.2 Å². The molecule has 0 unspecified atom stereocenters. The molecule has 0 bridgehead atoms. The summed E-state index contributed by atoms with van der Waals surface area (Å²) < 4.78 is 6.17. The van der Waals surface area contributed by atoms with E-state index in [-0.39, 0.29) is 0 Å². The van der Waals surface area contributed by atoms with Gasteiger partial charge in [-0.1, -0.05) is 15.9 Å². The van der Waals surface area contributed by atoms with Gasteiger partial charge in [-0.25, -0.2) is 0 Å². The fourth-order valence-corrected chi connectivity index (χ4v) is 2.68. The van der Waals surface area contributed by atoms with Gasteiger partial charge in [0.1, 0.15) is 0 Å². The Morgan fingerprint density at radius 3 is 2.89 bits per heavy atom. The van der Waals surface area contributed by atoms with E-state index in [2.05, 4.69) is 57.6 Å². The number of hydrogen-bond acceptors (Lipinski definition) is 4. The zero-order valence-corrected chi connectivity index (χ0v) is 14.3. The van der Waals surface area contributed by atoms with Crippen LogP contribution in [-0.4, -0.2) is 45.9 Å². The third-order valence-electron chi connectivity index (χ3n) is 2.88. The molecule has 0 aliphatic heterocycles. The minimum Gasteiger partial charge on any atom is -0.383 e. The van der Waals surface area contributed by atoms with Crippen LogP contribution in [0.5, 0.6) is 0 Å². The molecule has 0 aliphatic rings. The number of anilines is 1. The summed E-state index contributed by atoms with van der Waals surface area (Å²) in [6.07, 6.45) is 2.14. The van der Waals surface area contributed by atoms with Gasteiger partial charge in [0.25, 0.3) is 0 Å². The van der Waals surface area contributed by atoms with Crippen LogP contribution in [0.25, 0.3) is 0 Å². The topological polar surface area (TPSA) is 24.5 Å². The fourth-order valence-electron chi connectivity index (χ4n) is 1.81. The molecular formula is C14H23BrN2OS. The highest BCUT2D eigenvalue weighted by Gasteiger charge is 2.07. The lowest BCUT2D eigenvalue weighted by molar-refractivity contribution is 0.199. The summed E-state index contributed by atoms with van der Waals surface area (Å²) in [7, 11) is 3.88. The van der Waals surface area contributed by atoms with Gasteiger partial charge in [-0.2, -0.15) is 11.8 Å². The molecule has 0 aliphatic carbocycles. The lowest BCUT2D eigenvalue weighted by Gasteiger charge is -2.22. The van der Waals surface area contributed by atoms with Crippen LogP contribution in [0.15, 0.2) is 22.7 Å². The zero-order valence-electron chi connectivity index (χ0n) is 11.9. The average Bonchev–Trinajstić information content (AvgIpc) is 2.41. The molecular weight excluding hydrogens is 324 g/mol. The first-order valence-corrected chi connectivity index (χ1v) is 8.56. The first-order chi connectivity index (χ1) is 9.19. The van der Waals surface area contributed by atoms with Crippen molar-refractivity contribution in [3.63, 3.8) is 0 Å². The molecule has 0 aromatic heterocycles. The average molecular weight is 347 g/mol. The van der Waals surface area contributed by atoms with Crippen LogP contribution in [0.3, 0.4) is 0 Å². The van der Waals surface area contributed by atoms with Crippen LogP contribution in [0.2, 0.25) is 0 Å². The Kier molecular flexibility index (Phi) is 8.53. The number of nitrogens with one attached hydrogen (secondary N) is 1. The van der Waals surface area contributed by atoms with Gasteiger partial charge in [0.15, 0.2) is 0 Å². The highest BCUT2D eigenvalue weighted by molar-refractivity contribution is 9.10. The van der Waals surface area contributed by atoms with E-state index in [0.29, 0.717) is 0 Å². The van der Waals surface area contributed by atoms with Crippen molar-refractivity contribution in [2.75, 3.05) is 50.8 Å². The van der Waals surface area contributed by atoms with Gasteiger partial charge in [-0.05, 0) is 30.0 Å². The van der Waals surface area contributed by atoms with Crippen LogP contribution in [-0.2, 0) is 11.3 Å². The number of hydrogen-bond donors (Lipinski definition) is 1. The molecule has 1 aromatic carbocycles. The number of benzene rings is 1. The minimum absolute atomic E-state index is 0.742. The van der Waals surface area contributed by atoms with Gasteiger partial charge in [-0.3, -0.25) is 0 Å². The highest BCUT2D eigenvalue weighted by atomic mass is 79.9. The maximum Gasteiger partial charge on any atom is 0.0587 e. The van der Waals surface area contributed by atoms with E-state index in [1.54, 1.807) is 7.11 Å². The number of thioether (sulfide) groups is 1. The van der Waals surface area contributed by atoms with Crippen LogP contribution in [0.4, 0.5) is 5.69 Å². The summed E-state index contributed by atoms with van der Waals surface area (Å²) in [5, 5.41) is 3.40. The molecule has 0 atom stereocenters. The second-order valence-corrected chi connectivity index (χ2v) is 6.26. The van der Waals surface area contributed by atoms with Crippen molar-refractivity contribution in [2.45, 2.75) is 6.54 Å². The Labute approximate surface area is 129 Å². The van der Waals surface area contributed by atoms with E-state index in [9.17, 15) is 0 Å². The van der Waals surface area contributed by atoms with Crippen molar-refractivity contribution in [1.29, 1.82) is 0 Å². The quantitative estimate of drug-likeness (QED) is 0.694. The molecule has 0 amide bonds. The third-order valence-corrected chi connectivity index (χ3v) is 3.97. The Morgan fingerprint density at radius 2 is 2.21 bits per heavy atom. The predicted molar refractivity (Wildman–Crippen MR) is 89.4 cm³/mol. The first-order valence-electron chi connectivity index (χ1n) is 6.37. The van der Waals surface area contributed by atoms with Gasteiger partial charge in [0, 0.05) is 49.7 Å². The summed E-state index contributed by atoms with van der Waals surface area (Å²) in [6, 6.07) is 6.46. The standard InChI is InChI=1S/C14H23BrN2OS/c1-17(7-9-19-3)14-5-4-13(15)10-12(14)11-16-6-8-18-2/h4-5,10,16H,6-9,11H2,1-3H3. The van der Waals surface area contributed by atoms with Gasteiger partial charge in [-0.15, -0.1) is 0 Å². The summed E-state index contributed by atoms with van der Waals surface area (Å²) in [5.74, 6) is 1.14. The molecule has 0 saturated heterocycles. The van der Waals surface area contributed by atoms with Gasteiger partial charge < -0.3 is 15.0 Å². The monoisotopic (exact) mass is 346 g/mol. The number of nitrogens with zero attached hydrogens (tertiary/aromatic N) is 1. The van der Waals surface area contributed by atoms with E-state index >= 15 is 0 Å². The predicted octanol–water partition coefficient (Wildman–Crippen LogP) is 2.98. The van der Waals surface area contributed by atoms with Crippen molar-refractivity contribution >= 4 is 33.4 Å². The molecule has 0 spiro atoms. The van der Waals surface area contributed by atoms with Gasteiger partial charge in [0.05, 0.1) is 6.61 Å². The molecule has 1 rings (SSSR count). The van der Waals surface area contributed by atoms with Crippen LogP contribution >= 0.6 is 27.7 Å². The van der Waals surface area contributed by atoms with Gasteiger partial charge >= 0.3 is 0 Å². The summed E-state index contributed by atoms with van der Waals surface area (Å²) in [5.41, 5.74) is 2.61. The summed E-state index contributed by atoms with van der Waals surface area (Å²) in [6.45, 7) is 3.54. The largest absolute Gasteiger partial charge is 0.383 e. The molecule has 1 N–H and O–H groups in total. The molecule has 108 valence electrons. The zero-order chi connectivity index (χ0) is 14.1. The molecule has 0 heterocycles. The van der Waals surface area contributed by atoms with E-state index < -0.39 is 0 Å². The lowest BCUT2D eigenvalue weighted by Crippen LogP contribution is -2.24. The third kappa shape index (κ3) is 6.17. The highest BCUT2D eigenvalue weighted by Crippen LogP contribution is 2.24. The number of ether oxygens (including phenoxy) is 1. The Balaban J connectivity index is 2.67. The van der Waals surface area contributed by atoms with E-state index in [0.717, 1.165) is 36.5 Å². The van der Waals surface area contributed by atoms with Crippen molar-refractivity contribution < 1.29 is 4.74 Å². The van der Waals surface area contributed by atoms with E-state index in [1.165, 1.54) is 11.3 Å². The molecule has 1 aromatic rings. The smallest absolute Gasteiger partial charge is 0.0587 e. The maximum absolute atomic E-state index is 5.05. The maximum atomic E-state index is 5.05. The first kappa shape index (κ1) is 16.8. The van der Waals surface area contributed by atoms with Crippen molar-refractivity contribution in [3.8, 4) is 0 Å². The van der Waals surface area contributed by atoms with Gasteiger partial charge in [0.2, 0.25) is 0 Å². The second kappa shape index (κ2) is 9.64. The van der Waals surface area contributed by atoms with E-state index in [4.69, 9.17) is 4.74 Å². The van der Waals surface area contributed by atoms with Crippen molar-refractivity contribution in [2.24, 2.45) is 0 Å². The van der Waals surface area contributed by atoms with Crippen LogP contribution in [0.1, 0.15) is 5.56 Å². The number of methoxy groups -OCH3 is 1. The molecule has 0 saturated carbocycles. The second-order valence-electron chi connectivity index (χ2n) is 4.36. The van der Waals surface area contributed by atoms with E-state index in [1.807, 2.05) is 11.8 Å². The van der Waals surface area contributed by atoms with Crippen molar-refractivity contribution in [3.05, 3.63) is 28.2 Å². The van der Waals surface area contributed by atoms with Crippen molar-refractivity contribution in [1.82, 2.24) is 5.32 Å². The molecule has 5 heteroatoms. The Morgan fingerprint density at radius 1 is 1.42 bits per heavy atom. The molecule has 19 heavy (non-hydrogen) atoms. The summed E-state index contributed by atoms with van der Waals surface area (Å²) in [4.78, 5) is 2.32. The normalized spacial score (nSPS) is 10.7. The number of halogens is 1.